The highest BCUT2D eigenvalue weighted by Gasteiger charge is 2.07. The van der Waals surface area contributed by atoms with E-state index in [4.69, 9.17) is 0 Å². The number of aryl methyl sites for hydroxylation is 1. The summed E-state index contributed by atoms with van der Waals surface area (Å²) in [4.78, 5) is 7.62. The first kappa shape index (κ1) is 19.0. The van der Waals surface area contributed by atoms with Gasteiger partial charge in [-0.2, -0.15) is 0 Å². The molecule has 0 aliphatic heterocycles. The van der Waals surface area contributed by atoms with Crippen molar-refractivity contribution < 1.29 is 5.11 Å². The second-order valence-corrected chi connectivity index (χ2v) is 7.08. The molecule has 0 aliphatic carbocycles. The number of aliphatic hydroxyl groups excluding tert-OH is 1. The second-order valence-electron chi connectivity index (χ2n) is 7.08. The molecule has 0 saturated carbocycles. The molecule has 0 unspecified atom stereocenters. The summed E-state index contributed by atoms with van der Waals surface area (Å²) >= 11 is 0. The smallest absolute Gasteiger partial charge is 0.135 e. The maximum atomic E-state index is 9.60. The van der Waals surface area contributed by atoms with Gasteiger partial charge in [0.25, 0.3) is 0 Å². The van der Waals surface area contributed by atoms with Crippen molar-refractivity contribution in [3.05, 3.63) is 29.6 Å². The maximum Gasteiger partial charge on any atom is 0.135 e. The van der Waals surface area contributed by atoms with Crippen LogP contribution in [-0.4, -0.2) is 15.1 Å². The van der Waals surface area contributed by atoms with Gasteiger partial charge in [-0.15, -0.1) is 0 Å². The Morgan fingerprint density at radius 3 is 2.21 bits per heavy atom. The second kappa shape index (κ2) is 10.5. The SMILES string of the molecule is CCCCCCCCCCCCc1ccc2nc([C@H](C)O)[nH]c2c1. The molecule has 0 spiro atoms. The fourth-order valence-corrected chi connectivity index (χ4v) is 3.25. The standard InChI is InChI=1S/C21H34N2O/c1-3-4-5-6-7-8-9-10-11-12-13-18-14-15-19-20(16-18)23-21(22-19)17(2)24/h14-17,24H,3-13H2,1-2H3,(H,22,23)/t17-/m0/s1. The first-order chi connectivity index (χ1) is 11.7. The van der Waals surface area contributed by atoms with Gasteiger partial charge in [-0.05, 0) is 37.5 Å². The van der Waals surface area contributed by atoms with E-state index in [1.54, 1.807) is 6.92 Å². The molecule has 0 amide bonds. The highest BCUT2D eigenvalue weighted by atomic mass is 16.3. The van der Waals surface area contributed by atoms with Crippen molar-refractivity contribution in [2.24, 2.45) is 0 Å². The monoisotopic (exact) mass is 330 g/mol. The third-order valence-corrected chi connectivity index (χ3v) is 4.78. The summed E-state index contributed by atoms with van der Waals surface area (Å²) in [6, 6.07) is 6.41. The molecule has 3 nitrogen and oxygen atoms in total. The lowest BCUT2D eigenvalue weighted by Crippen LogP contribution is -1.92. The average molecular weight is 331 g/mol. The number of H-pyrrole nitrogens is 1. The summed E-state index contributed by atoms with van der Waals surface area (Å²) in [6.45, 7) is 4.01. The number of hydrogen-bond acceptors (Lipinski definition) is 2. The van der Waals surface area contributed by atoms with Crippen LogP contribution in [0.5, 0.6) is 0 Å². The number of unbranched alkanes of at least 4 members (excludes halogenated alkanes) is 9. The summed E-state index contributed by atoms with van der Waals surface area (Å²) in [6.07, 6.45) is 14.4. The van der Waals surface area contributed by atoms with E-state index in [1.165, 1.54) is 69.8 Å². The first-order valence-electron chi connectivity index (χ1n) is 9.87. The normalized spacial score (nSPS) is 12.8. The van der Waals surface area contributed by atoms with Crippen molar-refractivity contribution in [1.29, 1.82) is 0 Å². The fourth-order valence-electron chi connectivity index (χ4n) is 3.25. The summed E-state index contributed by atoms with van der Waals surface area (Å²) in [5.74, 6) is 0.654. The van der Waals surface area contributed by atoms with Crippen LogP contribution < -0.4 is 0 Å². The number of hydrogen-bond donors (Lipinski definition) is 2. The van der Waals surface area contributed by atoms with E-state index in [0.29, 0.717) is 5.82 Å². The van der Waals surface area contributed by atoms with Crippen LogP contribution in [0.2, 0.25) is 0 Å². The number of rotatable bonds is 12. The molecular weight excluding hydrogens is 296 g/mol. The van der Waals surface area contributed by atoms with Crippen LogP contribution in [0.25, 0.3) is 11.0 Å². The van der Waals surface area contributed by atoms with Gasteiger partial charge in [-0.1, -0.05) is 70.8 Å². The molecule has 0 fully saturated rings. The molecule has 0 saturated heterocycles. The van der Waals surface area contributed by atoms with Crippen molar-refractivity contribution >= 4 is 11.0 Å². The Hall–Kier alpha value is -1.35. The summed E-state index contributed by atoms with van der Waals surface area (Å²) in [5, 5.41) is 9.60. The average Bonchev–Trinajstić information content (AvgIpc) is 3.00. The molecule has 1 aromatic carbocycles. The van der Waals surface area contributed by atoms with Crippen LogP contribution in [0.3, 0.4) is 0 Å². The zero-order valence-electron chi connectivity index (χ0n) is 15.5. The number of nitrogens with zero attached hydrogens (tertiary/aromatic N) is 1. The quantitative estimate of drug-likeness (QED) is 0.463. The van der Waals surface area contributed by atoms with Gasteiger partial charge >= 0.3 is 0 Å². The van der Waals surface area contributed by atoms with Crippen LogP contribution in [-0.2, 0) is 6.42 Å². The Kier molecular flexibility index (Phi) is 8.31. The van der Waals surface area contributed by atoms with E-state index in [0.717, 1.165) is 17.5 Å². The van der Waals surface area contributed by atoms with Gasteiger partial charge in [-0.25, -0.2) is 4.98 Å². The molecule has 2 rings (SSSR count). The van der Waals surface area contributed by atoms with Crippen LogP contribution in [0.15, 0.2) is 18.2 Å². The Bertz CT molecular complexity index is 589. The number of fused-ring (bicyclic) bond motifs is 1. The van der Waals surface area contributed by atoms with Gasteiger partial charge in [0.2, 0.25) is 0 Å². The predicted molar refractivity (Wildman–Crippen MR) is 102 cm³/mol. The molecule has 0 bridgehead atoms. The number of aromatic nitrogens is 2. The molecule has 1 atom stereocenters. The zero-order chi connectivity index (χ0) is 17.2. The molecule has 0 aliphatic rings. The third-order valence-electron chi connectivity index (χ3n) is 4.78. The van der Waals surface area contributed by atoms with Gasteiger partial charge in [-0.3, -0.25) is 0 Å². The fraction of sp³-hybridized carbons (Fsp3) is 0.667. The van der Waals surface area contributed by atoms with Gasteiger partial charge in [0.1, 0.15) is 11.9 Å². The van der Waals surface area contributed by atoms with E-state index >= 15 is 0 Å². The molecule has 3 heteroatoms. The van der Waals surface area contributed by atoms with E-state index in [-0.39, 0.29) is 0 Å². The lowest BCUT2D eigenvalue weighted by atomic mass is 10.0. The molecular formula is C21H34N2O. The lowest BCUT2D eigenvalue weighted by molar-refractivity contribution is 0.190. The van der Waals surface area contributed by atoms with Crippen LogP contribution in [0.4, 0.5) is 0 Å². The Labute approximate surface area is 146 Å². The van der Waals surface area contributed by atoms with Gasteiger partial charge in [0.15, 0.2) is 0 Å². The molecule has 134 valence electrons. The van der Waals surface area contributed by atoms with E-state index in [9.17, 15) is 5.11 Å². The molecule has 2 N–H and O–H groups in total. The number of benzene rings is 1. The lowest BCUT2D eigenvalue weighted by Gasteiger charge is -2.03. The molecule has 1 aromatic heterocycles. The van der Waals surface area contributed by atoms with Crippen molar-refractivity contribution in [2.75, 3.05) is 0 Å². The summed E-state index contributed by atoms with van der Waals surface area (Å²) < 4.78 is 0. The van der Waals surface area contributed by atoms with Crippen molar-refractivity contribution in [2.45, 2.75) is 90.6 Å². The number of nitrogens with one attached hydrogen (secondary N) is 1. The number of aliphatic hydroxyl groups is 1. The third kappa shape index (κ3) is 6.27. The highest BCUT2D eigenvalue weighted by Crippen LogP contribution is 2.19. The largest absolute Gasteiger partial charge is 0.385 e. The van der Waals surface area contributed by atoms with Gasteiger partial charge in [0.05, 0.1) is 11.0 Å². The highest BCUT2D eigenvalue weighted by molar-refractivity contribution is 5.75. The minimum atomic E-state index is -0.539. The Morgan fingerprint density at radius 1 is 0.958 bits per heavy atom. The van der Waals surface area contributed by atoms with Crippen molar-refractivity contribution in [3.63, 3.8) is 0 Å². The van der Waals surface area contributed by atoms with Crippen molar-refractivity contribution in [3.8, 4) is 0 Å². The van der Waals surface area contributed by atoms with E-state index in [2.05, 4.69) is 35.1 Å². The van der Waals surface area contributed by atoms with Gasteiger partial charge in [0, 0.05) is 0 Å². The minimum absolute atomic E-state index is 0.539. The molecule has 1 heterocycles. The van der Waals surface area contributed by atoms with E-state index < -0.39 is 6.10 Å². The van der Waals surface area contributed by atoms with E-state index in [1.807, 2.05) is 0 Å². The molecule has 24 heavy (non-hydrogen) atoms. The van der Waals surface area contributed by atoms with Crippen LogP contribution in [0, 0.1) is 0 Å². The number of aromatic amines is 1. The topological polar surface area (TPSA) is 48.9 Å². The van der Waals surface area contributed by atoms with Gasteiger partial charge < -0.3 is 10.1 Å². The number of imidazole rings is 1. The molecule has 2 aromatic rings. The van der Waals surface area contributed by atoms with Crippen molar-refractivity contribution in [1.82, 2.24) is 9.97 Å². The Balaban J connectivity index is 1.61. The minimum Gasteiger partial charge on any atom is -0.385 e. The van der Waals surface area contributed by atoms with Crippen LogP contribution in [0.1, 0.15) is 95.5 Å². The zero-order valence-corrected chi connectivity index (χ0v) is 15.5. The molecule has 0 radical (unpaired) electrons. The summed E-state index contributed by atoms with van der Waals surface area (Å²) in [7, 11) is 0. The summed E-state index contributed by atoms with van der Waals surface area (Å²) in [5.41, 5.74) is 3.34. The Morgan fingerprint density at radius 2 is 1.58 bits per heavy atom. The first-order valence-corrected chi connectivity index (χ1v) is 9.87. The predicted octanol–water partition coefficient (Wildman–Crippen LogP) is 6.08. The van der Waals surface area contributed by atoms with Crippen LogP contribution >= 0.6 is 0 Å². The maximum absolute atomic E-state index is 9.60.